The Kier molecular flexibility index (Phi) is 4.35. The SMILES string of the molecule is Cc1cn(C[C@@H]2CCCN(C(=O)OC(C)(C)C)C2)cn1. The van der Waals surface area contributed by atoms with Crippen LogP contribution in [0.15, 0.2) is 12.5 Å². The highest BCUT2D eigenvalue weighted by Gasteiger charge is 2.27. The van der Waals surface area contributed by atoms with Crippen LogP contribution in [0.5, 0.6) is 0 Å². The summed E-state index contributed by atoms with van der Waals surface area (Å²) in [6, 6.07) is 0. The Balaban J connectivity index is 1.90. The van der Waals surface area contributed by atoms with Crippen molar-refractivity contribution in [2.45, 2.75) is 52.7 Å². The molecule has 0 unspecified atom stereocenters. The second-order valence-electron chi connectivity index (χ2n) is 6.65. The first-order valence-corrected chi connectivity index (χ1v) is 7.30. The number of hydrogen-bond donors (Lipinski definition) is 0. The van der Waals surface area contributed by atoms with Gasteiger partial charge in [0.2, 0.25) is 0 Å². The molecule has 0 aromatic carbocycles. The van der Waals surface area contributed by atoms with Gasteiger partial charge in [-0.1, -0.05) is 0 Å². The number of hydrogen-bond acceptors (Lipinski definition) is 3. The van der Waals surface area contributed by atoms with Gasteiger partial charge in [-0.15, -0.1) is 0 Å². The summed E-state index contributed by atoms with van der Waals surface area (Å²) in [5, 5.41) is 0. The van der Waals surface area contributed by atoms with Gasteiger partial charge in [-0.2, -0.15) is 0 Å². The number of ether oxygens (including phenoxy) is 1. The van der Waals surface area contributed by atoms with Gasteiger partial charge in [0.1, 0.15) is 5.60 Å². The van der Waals surface area contributed by atoms with Crippen molar-refractivity contribution in [3.05, 3.63) is 18.2 Å². The van der Waals surface area contributed by atoms with Gasteiger partial charge in [0, 0.05) is 25.8 Å². The third kappa shape index (κ3) is 4.25. The molecule has 0 bridgehead atoms. The molecule has 1 atom stereocenters. The van der Waals surface area contributed by atoms with Crippen molar-refractivity contribution in [3.63, 3.8) is 0 Å². The molecule has 0 N–H and O–H groups in total. The number of carbonyl (C=O) groups excluding carboxylic acids is 1. The molecule has 2 heterocycles. The van der Waals surface area contributed by atoms with E-state index in [2.05, 4.69) is 9.55 Å². The first-order valence-electron chi connectivity index (χ1n) is 7.30. The van der Waals surface area contributed by atoms with E-state index in [4.69, 9.17) is 4.74 Å². The molecule has 1 aliphatic heterocycles. The molecule has 1 saturated heterocycles. The van der Waals surface area contributed by atoms with Gasteiger partial charge in [0.05, 0.1) is 12.0 Å². The summed E-state index contributed by atoms with van der Waals surface area (Å²) in [5.41, 5.74) is 0.607. The summed E-state index contributed by atoms with van der Waals surface area (Å²) in [5.74, 6) is 0.477. The average molecular weight is 279 g/mol. The Morgan fingerprint density at radius 3 is 2.85 bits per heavy atom. The third-order valence-corrected chi connectivity index (χ3v) is 3.40. The second-order valence-corrected chi connectivity index (χ2v) is 6.65. The summed E-state index contributed by atoms with van der Waals surface area (Å²) >= 11 is 0. The van der Waals surface area contributed by atoms with Crippen LogP contribution in [-0.2, 0) is 11.3 Å². The monoisotopic (exact) mass is 279 g/mol. The standard InChI is InChI=1S/C15H25N3O2/c1-12-8-17(11-16-12)9-13-6-5-7-18(10-13)14(19)20-15(2,3)4/h8,11,13H,5-7,9-10H2,1-4H3/t13-/m0/s1. The van der Waals surface area contributed by atoms with Gasteiger partial charge in [0.25, 0.3) is 0 Å². The Labute approximate surface area is 120 Å². The summed E-state index contributed by atoms with van der Waals surface area (Å²) in [7, 11) is 0. The fraction of sp³-hybridized carbons (Fsp3) is 0.733. The van der Waals surface area contributed by atoms with Gasteiger partial charge in [-0.3, -0.25) is 0 Å². The van der Waals surface area contributed by atoms with Crippen molar-refractivity contribution < 1.29 is 9.53 Å². The van der Waals surface area contributed by atoms with E-state index in [9.17, 15) is 4.79 Å². The Morgan fingerprint density at radius 2 is 2.25 bits per heavy atom. The van der Waals surface area contributed by atoms with Crippen LogP contribution >= 0.6 is 0 Å². The minimum absolute atomic E-state index is 0.191. The molecular formula is C15H25N3O2. The van der Waals surface area contributed by atoms with E-state index < -0.39 is 5.60 Å². The highest BCUT2D eigenvalue weighted by atomic mass is 16.6. The largest absolute Gasteiger partial charge is 0.444 e. The summed E-state index contributed by atoms with van der Waals surface area (Å²) in [6.45, 7) is 10.2. The Bertz CT molecular complexity index is 462. The third-order valence-electron chi connectivity index (χ3n) is 3.40. The van der Waals surface area contributed by atoms with Crippen LogP contribution in [0.2, 0.25) is 0 Å². The summed E-state index contributed by atoms with van der Waals surface area (Å²) in [4.78, 5) is 18.2. The maximum absolute atomic E-state index is 12.1. The normalized spacial score (nSPS) is 20.0. The quantitative estimate of drug-likeness (QED) is 0.836. The molecule has 1 aromatic heterocycles. The zero-order valence-electron chi connectivity index (χ0n) is 12.9. The van der Waals surface area contributed by atoms with Crippen molar-refractivity contribution >= 4 is 6.09 Å². The van der Waals surface area contributed by atoms with Gasteiger partial charge >= 0.3 is 6.09 Å². The molecule has 1 aliphatic rings. The smallest absolute Gasteiger partial charge is 0.410 e. The minimum atomic E-state index is -0.425. The van der Waals surface area contributed by atoms with E-state index in [1.54, 1.807) is 0 Å². The highest BCUT2D eigenvalue weighted by molar-refractivity contribution is 5.68. The van der Waals surface area contributed by atoms with E-state index in [1.807, 2.05) is 45.1 Å². The van der Waals surface area contributed by atoms with E-state index >= 15 is 0 Å². The molecule has 112 valence electrons. The second kappa shape index (κ2) is 5.85. The van der Waals surface area contributed by atoms with Crippen LogP contribution in [0, 0.1) is 12.8 Å². The maximum atomic E-state index is 12.1. The first-order chi connectivity index (χ1) is 9.33. The summed E-state index contributed by atoms with van der Waals surface area (Å²) in [6.07, 6.45) is 5.91. The molecule has 0 aliphatic carbocycles. The lowest BCUT2D eigenvalue weighted by molar-refractivity contribution is 0.0157. The molecule has 0 saturated carbocycles. The van der Waals surface area contributed by atoms with Crippen molar-refractivity contribution in [3.8, 4) is 0 Å². The number of nitrogens with zero attached hydrogens (tertiary/aromatic N) is 3. The fourth-order valence-corrected chi connectivity index (χ4v) is 2.58. The van der Waals surface area contributed by atoms with E-state index in [-0.39, 0.29) is 6.09 Å². The van der Waals surface area contributed by atoms with Gasteiger partial charge in [-0.05, 0) is 46.5 Å². The number of aryl methyl sites for hydroxylation is 1. The summed E-state index contributed by atoms with van der Waals surface area (Å²) < 4.78 is 7.56. The lowest BCUT2D eigenvalue weighted by atomic mass is 9.98. The first kappa shape index (κ1) is 14.9. The molecule has 20 heavy (non-hydrogen) atoms. The van der Waals surface area contributed by atoms with E-state index in [0.29, 0.717) is 5.92 Å². The molecule has 1 fully saturated rings. The molecule has 5 nitrogen and oxygen atoms in total. The van der Waals surface area contributed by atoms with Gasteiger partial charge < -0.3 is 14.2 Å². The van der Waals surface area contributed by atoms with E-state index in [0.717, 1.165) is 38.2 Å². The Hall–Kier alpha value is -1.52. The van der Waals surface area contributed by atoms with Crippen LogP contribution in [0.1, 0.15) is 39.3 Å². The number of carbonyl (C=O) groups is 1. The molecular weight excluding hydrogens is 254 g/mol. The van der Waals surface area contributed by atoms with Gasteiger partial charge in [0.15, 0.2) is 0 Å². The van der Waals surface area contributed by atoms with Crippen LogP contribution in [0.3, 0.4) is 0 Å². The predicted molar refractivity (Wildman–Crippen MR) is 77.5 cm³/mol. The van der Waals surface area contributed by atoms with Crippen molar-refractivity contribution in [2.75, 3.05) is 13.1 Å². The average Bonchev–Trinajstić information content (AvgIpc) is 2.73. The molecule has 1 amide bonds. The highest BCUT2D eigenvalue weighted by Crippen LogP contribution is 2.20. The maximum Gasteiger partial charge on any atom is 0.410 e. The number of rotatable bonds is 2. The van der Waals surface area contributed by atoms with Crippen LogP contribution in [-0.4, -0.2) is 39.2 Å². The lowest BCUT2D eigenvalue weighted by Crippen LogP contribution is -2.43. The topological polar surface area (TPSA) is 47.4 Å². The number of imidazole rings is 1. The number of likely N-dealkylation sites (tertiary alicyclic amines) is 1. The minimum Gasteiger partial charge on any atom is -0.444 e. The molecule has 1 aromatic rings. The molecule has 0 radical (unpaired) electrons. The van der Waals surface area contributed by atoms with Crippen LogP contribution in [0.4, 0.5) is 4.79 Å². The Morgan fingerprint density at radius 1 is 1.50 bits per heavy atom. The molecule has 0 spiro atoms. The zero-order chi connectivity index (χ0) is 14.8. The van der Waals surface area contributed by atoms with E-state index in [1.165, 1.54) is 0 Å². The number of amides is 1. The van der Waals surface area contributed by atoms with Crippen molar-refractivity contribution in [1.29, 1.82) is 0 Å². The zero-order valence-corrected chi connectivity index (χ0v) is 12.9. The predicted octanol–water partition coefficient (Wildman–Crippen LogP) is 2.84. The molecule has 5 heteroatoms. The number of aromatic nitrogens is 2. The fourth-order valence-electron chi connectivity index (χ4n) is 2.58. The van der Waals surface area contributed by atoms with Gasteiger partial charge in [-0.25, -0.2) is 9.78 Å². The van der Waals surface area contributed by atoms with Crippen molar-refractivity contribution in [1.82, 2.24) is 14.5 Å². The number of piperidine rings is 1. The van der Waals surface area contributed by atoms with Crippen LogP contribution < -0.4 is 0 Å². The molecule has 2 rings (SSSR count). The van der Waals surface area contributed by atoms with Crippen LogP contribution in [0.25, 0.3) is 0 Å². The lowest BCUT2D eigenvalue weighted by Gasteiger charge is -2.34. The van der Waals surface area contributed by atoms with Crippen molar-refractivity contribution in [2.24, 2.45) is 5.92 Å².